The van der Waals surface area contributed by atoms with Gasteiger partial charge >= 0.3 is 0 Å². The van der Waals surface area contributed by atoms with E-state index in [1.165, 1.54) is 0 Å². The molecule has 0 aliphatic carbocycles. The van der Waals surface area contributed by atoms with Gasteiger partial charge in [-0.25, -0.2) is 13.1 Å². The molecule has 1 aliphatic heterocycles. The van der Waals surface area contributed by atoms with E-state index in [0.29, 0.717) is 19.6 Å². The molecule has 16 heavy (non-hydrogen) atoms. The number of hydrogen-bond acceptors (Lipinski definition) is 4. The molecular formula is C10H22N2O3S. The molecule has 1 heterocycles. The molecule has 1 N–H and O–H groups in total. The van der Waals surface area contributed by atoms with Crippen LogP contribution in [0.2, 0.25) is 0 Å². The van der Waals surface area contributed by atoms with Gasteiger partial charge < -0.3 is 4.74 Å². The van der Waals surface area contributed by atoms with E-state index in [9.17, 15) is 8.42 Å². The molecule has 1 rings (SSSR count). The molecule has 96 valence electrons. The number of ether oxygens (including phenoxy) is 1. The first kappa shape index (κ1) is 13.9. The monoisotopic (exact) mass is 250 g/mol. The Labute approximate surface area is 98.2 Å². The van der Waals surface area contributed by atoms with Crippen LogP contribution in [0.15, 0.2) is 0 Å². The van der Waals surface area contributed by atoms with Gasteiger partial charge in [-0.3, -0.25) is 4.90 Å². The van der Waals surface area contributed by atoms with Crippen molar-refractivity contribution in [2.75, 3.05) is 38.5 Å². The van der Waals surface area contributed by atoms with Crippen LogP contribution in [0.3, 0.4) is 0 Å². The Morgan fingerprint density at radius 1 is 1.44 bits per heavy atom. The molecule has 1 unspecified atom stereocenters. The third kappa shape index (κ3) is 4.78. The second-order valence-electron chi connectivity index (χ2n) is 4.05. The highest BCUT2D eigenvalue weighted by Gasteiger charge is 2.20. The molecule has 6 heteroatoms. The van der Waals surface area contributed by atoms with Crippen LogP contribution in [0.5, 0.6) is 0 Å². The maximum atomic E-state index is 11.4. The number of rotatable bonds is 6. The summed E-state index contributed by atoms with van der Waals surface area (Å²) >= 11 is 0. The van der Waals surface area contributed by atoms with Crippen LogP contribution < -0.4 is 4.72 Å². The van der Waals surface area contributed by atoms with E-state index < -0.39 is 10.0 Å². The molecule has 0 aromatic heterocycles. The van der Waals surface area contributed by atoms with Crippen LogP contribution in [0.4, 0.5) is 0 Å². The predicted octanol–water partition coefficient (Wildman–Crippen LogP) is 0.0365. The van der Waals surface area contributed by atoms with Gasteiger partial charge in [0.1, 0.15) is 0 Å². The summed E-state index contributed by atoms with van der Waals surface area (Å²) in [7, 11) is -3.10. The van der Waals surface area contributed by atoms with Crippen molar-refractivity contribution in [1.29, 1.82) is 0 Å². The quantitative estimate of drug-likeness (QED) is 0.723. The summed E-state index contributed by atoms with van der Waals surface area (Å²) in [5.41, 5.74) is 0. The van der Waals surface area contributed by atoms with Crippen molar-refractivity contribution in [2.45, 2.75) is 26.4 Å². The summed E-state index contributed by atoms with van der Waals surface area (Å²) in [5, 5.41) is 0. The lowest BCUT2D eigenvalue weighted by Gasteiger charge is -2.32. The topological polar surface area (TPSA) is 58.6 Å². The lowest BCUT2D eigenvalue weighted by atomic mass is 10.3. The number of hydrogen-bond donors (Lipinski definition) is 1. The second-order valence-corrected chi connectivity index (χ2v) is 5.98. The van der Waals surface area contributed by atoms with Gasteiger partial charge in [0.2, 0.25) is 10.0 Å². The Bertz CT molecular complexity index is 292. The molecule has 1 saturated heterocycles. The molecule has 0 aromatic rings. The summed E-state index contributed by atoms with van der Waals surface area (Å²) in [4.78, 5) is 2.27. The smallest absolute Gasteiger partial charge is 0.211 e. The van der Waals surface area contributed by atoms with Gasteiger partial charge in [-0.1, -0.05) is 13.8 Å². The minimum absolute atomic E-state index is 0.0136. The molecule has 5 nitrogen and oxygen atoms in total. The van der Waals surface area contributed by atoms with Crippen molar-refractivity contribution in [2.24, 2.45) is 0 Å². The van der Waals surface area contributed by atoms with Gasteiger partial charge in [0, 0.05) is 19.6 Å². The maximum Gasteiger partial charge on any atom is 0.211 e. The van der Waals surface area contributed by atoms with E-state index in [4.69, 9.17) is 4.74 Å². The minimum Gasteiger partial charge on any atom is -0.374 e. The fraction of sp³-hybridized carbons (Fsp3) is 1.00. The van der Waals surface area contributed by atoms with Gasteiger partial charge in [0.15, 0.2) is 0 Å². The van der Waals surface area contributed by atoms with Crippen LogP contribution in [0.25, 0.3) is 0 Å². The first-order valence-electron chi connectivity index (χ1n) is 5.88. The summed E-state index contributed by atoms with van der Waals surface area (Å²) in [6, 6.07) is 0. The average Bonchev–Trinajstić information content (AvgIpc) is 2.27. The van der Waals surface area contributed by atoms with Gasteiger partial charge in [0.05, 0.1) is 18.5 Å². The largest absolute Gasteiger partial charge is 0.374 e. The van der Waals surface area contributed by atoms with Gasteiger partial charge in [-0.2, -0.15) is 0 Å². The van der Waals surface area contributed by atoms with Crippen molar-refractivity contribution in [1.82, 2.24) is 9.62 Å². The van der Waals surface area contributed by atoms with E-state index in [-0.39, 0.29) is 11.9 Å². The summed E-state index contributed by atoms with van der Waals surface area (Å²) in [6.45, 7) is 7.77. The molecule has 0 saturated carbocycles. The zero-order valence-corrected chi connectivity index (χ0v) is 10.9. The molecular weight excluding hydrogens is 228 g/mol. The van der Waals surface area contributed by atoms with Gasteiger partial charge in [-0.05, 0) is 13.0 Å². The van der Waals surface area contributed by atoms with Crippen LogP contribution in [-0.4, -0.2) is 58.0 Å². The highest BCUT2D eigenvalue weighted by Crippen LogP contribution is 2.04. The summed E-state index contributed by atoms with van der Waals surface area (Å²) < 4.78 is 31.0. The number of morpholine rings is 1. The van der Waals surface area contributed by atoms with E-state index >= 15 is 0 Å². The Balaban J connectivity index is 2.32. The van der Waals surface area contributed by atoms with Crippen molar-refractivity contribution in [3.8, 4) is 0 Å². The highest BCUT2D eigenvalue weighted by atomic mass is 32.2. The lowest BCUT2D eigenvalue weighted by Crippen LogP contribution is -2.47. The molecule has 0 aromatic carbocycles. The highest BCUT2D eigenvalue weighted by molar-refractivity contribution is 7.89. The number of nitrogens with zero attached hydrogens (tertiary/aromatic N) is 1. The van der Waals surface area contributed by atoms with Crippen molar-refractivity contribution in [3.05, 3.63) is 0 Å². The average molecular weight is 250 g/mol. The maximum absolute atomic E-state index is 11.4. The van der Waals surface area contributed by atoms with Crippen molar-refractivity contribution >= 4 is 10.0 Å². The Morgan fingerprint density at radius 3 is 2.81 bits per heavy atom. The molecule has 1 atom stereocenters. The molecule has 1 aliphatic rings. The molecule has 1 fully saturated rings. The van der Waals surface area contributed by atoms with Crippen molar-refractivity contribution in [3.63, 3.8) is 0 Å². The Hall–Kier alpha value is -0.170. The second kappa shape index (κ2) is 6.54. The first-order chi connectivity index (χ1) is 7.57. The Kier molecular flexibility index (Phi) is 5.68. The zero-order chi connectivity index (χ0) is 12.0. The van der Waals surface area contributed by atoms with Gasteiger partial charge in [-0.15, -0.1) is 0 Å². The third-order valence-electron chi connectivity index (χ3n) is 2.67. The van der Waals surface area contributed by atoms with E-state index in [1.54, 1.807) is 0 Å². The molecule has 0 spiro atoms. The van der Waals surface area contributed by atoms with Crippen LogP contribution in [0, 0.1) is 0 Å². The van der Waals surface area contributed by atoms with Crippen molar-refractivity contribution < 1.29 is 13.2 Å². The van der Waals surface area contributed by atoms with Crippen LogP contribution in [0.1, 0.15) is 20.3 Å². The van der Waals surface area contributed by atoms with E-state index in [2.05, 4.69) is 16.5 Å². The summed E-state index contributed by atoms with van der Waals surface area (Å²) in [6.07, 6.45) is 0.627. The summed E-state index contributed by atoms with van der Waals surface area (Å²) in [5.74, 6) is 0.192. The minimum atomic E-state index is -3.10. The fourth-order valence-corrected chi connectivity index (χ4v) is 2.87. The normalized spacial score (nSPS) is 23.5. The first-order valence-corrected chi connectivity index (χ1v) is 7.54. The predicted molar refractivity (Wildman–Crippen MR) is 63.9 cm³/mol. The van der Waals surface area contributed by atoms with E-state index in [1.807, 2.05) is 6.92 Å². The molecule has 0 amide bonds. The van der Waals surface area contributed by atoms with Gasteiger partial charge in [0.25, 0.3) is 0 Å². The standard InChI is InChI=1S/C10H22N2O3S/c1-3-7-16(13,14)11-8-10-9-12(4-2)5-6-15-10/h10-11H,3-9H2,1-2H3. The SMILES string of the molecule is CCCS(=O)(=O)NCC1CN(CC)CCO1. The zero-order valence-electron chi connectivity index (χ0n) is 10.1. The molecule has 0 bridgehead atoms. The Morgan fingerprint density at radius 2 is 2.19 bits per heavy atom. The number of sulfonamides is 1. The third-order valence-corrected chi connectivity index (χ3v) is 4.23. The number of nitrogens with one attached hydrogen (secondary N) is 1. The van der Waals surface area contributed by atoms with E-state index in [0.717, 1.165) is 19.6 Å². The van der Waals surface area contributed by atoms with Crippen LogP contribution >= 0.6 is 0 Å². The lowest BCUT2D eigenvalue weighted by molar-refractivity contribution is -0.0229. The van der Waals surface area contributed by atoms with Crippen LogP contribution in [-0.2, 0) is 14.8 Å². The number of likely N-dealkylation sites (N-methyl/N-ethyl adjacent to an activating group) is 1. The molecule has 0 radical (unpaired) electrons. The fourth-order valence-electron chi connectivity index (χ4n) is 1.75.